The van der Waals surface area contributed by atoms with E-state index in [0.29, 0.717) is 0 Å². The number of amides is 1. The molecule has 0 fully saturated rings. The summed E-state index contributed by atoms with van der Waals surface area (Å²) in [6.45, 7) is 0. The van der Waals surface area contributed by atoms with Gasteiger partial charge in [-0.15, -0.1) is 0 Å². The first-order valence-electron chi connectivity index (χ1n) is 6.06. The van der Waals surface area contributed by atoms with Crippen LogP contribution in [0.1, 0.15) is 15.9 Å². The van der Waals surface area contributed by atoms with E-state index in [1.165, 1.54) is 18.2 Å². The number of rotatable bonds is 4. The Morgan fingerprint density at radius 2 is 1.90 bits per heavy atom. The number of hydrogen-bond donors (Lipinski definition) is 3. The Bertz CT molecular complexity index is 700. The van der Waals surface area contributed by atoms with Gasteiger partial charge >= 0.3 is 5.97 Å². The Morgan fingerprint density at radius 3 is 2.57 bits per heavy atom. The van der Waals surface area contributed by atoms with Gasteiger partial charge in [-0.05, 0) is 35.9 Å². The van der Waals surface area contributed by atoms with Crippen LogP contribution in [0.2, 0.25) is 0 Å². The van der Waals surface area contributed by atoms with Gasteiger partial charge in [0.1, 0.15) is 5.75 Å². The average Bonchev–Trinajstić information content (AvgIpc) is 2.41. The number of carbonyl (C=O) groups excluding carboxylic acids is 1. The summed E-state index contributed by atoms with van der Waals surface area (Å²) in [7, 11) is 0. The number of anilines is 1. The predicted molar refractivity (Wildman–Crippen MR) is 81.5 cm³/mol. The van der Waals surface area contributed by atoms with Crippen LogP contribution in [0.4, 0.5) is 5.69 Å². The standard InChI is InChI=1S/C15H12BrNO4/c16-11-3-1-2-9(6-11)7-14(19)17-12-8-10(15(20)21)4-5-13(12)18/h1-6,8,18H,7H2,(H,17,19)(H,20,21). The fraction of sp³-hybridized carbons (Fsp3) is 0.0667. The van der Waals surface area contributed by atoms with E-state index in [4.69, 9.17) is 5.11 Å². The first kappa shape index (κ1) is 15.1. The highest BCUT2D eigenvalue weighted by Crippen LogP contribution is 2.24. The van der Waals surface area contributed by atoms with Crippen molar-refractivity contribution in [3.63, 3.8) is 0 Å². The molecule has 108 valence electrons. The minimum Gasteiger partial charge on any atom is -0.506 e. The van der Waals surface area contributed by atoms with Crippen LogP contribution in [0.25, 0.3) is 0 Å². The van der Waals surface area contributed by atoms with Gasteiger partial charge in [0, 0.05) is 4.47 Å². The van der Waals surface area contributed by atoms with Gasteiger partial charge in [-0.1, -0.05) is 28.1 Å². The number of halogens is 1. The fourth-order valence-corrected chi connectivity index (χ4v) is 2.24. The molecule has 1 amide bonds. The second-order valence-corrected chi connectivity index (χ2v) is 5.31. The van der Waals surface area contributed by atoms with Gasteiger partial charge in [-0.2, -0.15) is 0 Å². The summed E-state index contributed by atoms with van der Waals surface area (Å²) in [6, 6.07) is 11.0. The van der Waals surface area contributed by atoms with Crippen LogP contribution < -0.4 is 5.32 Å². The summed E-state index contributed by atoms with van der Waals surface area (Å²) in [6.07, 6.45) is 0.121. The van der Waals surface area contributed by atoms with E-state index in [9.17, 15) is 14.7 Å². The van der Waals surface area contributed by atoms with E-state index in [1.807, 2.05) is 18.2 Å². The summed E-state index contributed by atoms with van der Waals surface area (Å²) in [5.41, 5.74) is 0.871. The van der Waals surface area contributed by atoms with Gasteiger partial charge in [0.2, 0.25) is 5.91 Å². The molecule has 0 saturated carbocycles. The van der Waals surface area contributed by atoms with Crippen molar-refractivity contribution < 1.29 is 19.8 Å². The van der Waals surface area contributed by atoms with Gasteiger partial charge in [0.25, 0.3) is 0 Å². The molecule has 0 unspecified atom stereocenters. The van der Waals surface area contributed by atoms with Crippen LogP contribution in [0.15, 0.2) is 46.9 Å². The zero-order valence-corrected chi connectivity index (χ0v) is 12.4. The lowest BCUT2D eigenvalue weighted by Crippen LogP contribution is -2.15. The molecule has 21 heavy (non-hydrogen) atoms. The van der Waals surface area contributed by atoms with E-state index in [2.05, 4.69) is 21.2 Å². The van der Waals surface area contributed by atoms with Crippen LogP contribution >= 0.6 is 15.9 Å². The number of aromatic carboxylic acids is 1. The van der Waals surface area contributed by atoms with Crippen LogP contribution in [-0.4, -0.2) is 22.1 Å². The average molecular weight is 350 g/mol. The number of phenols is 1. The Hall–Kier alpha value is -2.34. The molecule has 2 aromatic rings. The van der Waals surface area contributed by atoms with Crippen LogP contribution in [0, 0.1) is 0 Å². The molecule has 6 heteroatoms. The Morgan fingerprint density at radius 1 is 1.14 bits per heavy atom. The number of benzene rings is 2. The van der Waals surface area contributed by atoms with Crippen molar-refractivity contribution in [3.8, 4) is 5.75 Å². The van der Waals surface area contributed by atoms with Gasteiger partial charge in [-0.3, -0.25) is 4.79 Å². The summed E-state index contributed by atoms with van der Waals surface area (Å²) < 4.78 is 0.864. The Labute approximate surface area is 129 Å². The molecule has 0 aliphatic carbocycles. The lowest BCUT2D eigenvalue weighted by molar-refractivity contribution is -0.115. The van der Waals surface area contributed by atoms with E-state index in [-0.39, 0.29) is 29.3 Å². The van der Waals surface area contributed by atoms with Gasteiger partial charge < -0.3 is 15.5 Å². The summed E-state index contributed by atoms with van der Waals surface area (Å²) in [5.74, 6) is -1.65. The van der Waals surface area contributed by atoms with Crippen LogP contribution in [0.5, 0.6) is 5.75 Å². The van der Waals surface area contributed by atoms with E-state index < -0.39 is 5.97 Å². The van der Waals surface area contributed by atoms with Gasteiger partial charge in [-0.25, -0.2) is 4.79 Å². The minimum atomic E-state index is -1.13. The van der Waals surface area contributed by atoms with Crippen LogP contribution in [-0.2, 0) is 11.2 Å². The van der Waals surface area contributed by atoms with Crippen molar-refractivity contribution in [1.29, 1.82) is 0 Å². The molecule has 3 N–H and O–H groups in total. The molecule has 0 bridgehead atoms. The summed E-state index contributed by atoms with van der Waals surface area (Å²) in [4.78, 5) is 22.8. The van der Waals surface area contributed by atoms with Crippen molar-refractivity contribution in [2.24, 2.45) is 0 Å². The zero-order valence-electron chi connectivity index (χ0n) is 10.8. The Kier molecular flexibility index (Phi) is 4.59. The summed E-state index contributed by atoms with van der Waals surface area (Å²) >= 11 is 3.32. The molecule has 0 atom stereocenters. The lowest BCUT2D eigenvalue weighted by atomic mass is 10.1. The zero-order chi connectivity index (χ0) is 15.4. The third-order valence-corrected chi connectivity index (χ3v) is 3.26. The second-order valence-electron chi connectivity index (χ2n) is 4.39. The number of carboxylic acids is 1. The first-order chi connectivity index (χ1) is 9.95. The molecule has 0 radical (unpaired) electrons. The lowest BCUT2D eigenvalue weighted by Gasteiger charge is -2.08. The molecule has 2 rings (SSSR count). The number of nitrogens with one attached hydrogen (secondary N) is 1. The maximum absolute atomic E-state index is 11.9. The molecular weight excluding hydrogens is 338 g/mol. The number of carboxylic acid groups (broad SMARTS) is 1. The maximum Gasteiger partial charge on any atom is 0.335 e. The quantitative estimate of drug-likeness (QED) is 0.740. The van der Waals surface area contributed by atoms with E-state index in [0.717, 1.165) is 10.0 Å². The smallest absolute Gasteiger partial charge is 0.335 e. The predicted octanol–water partition coefficient (Wildman–Crippen LogP) is 3.03. The Balaban J connectivity index is 2.12. The van der Waals surface area contributed by atoms with E-state index in [1.54, 1.807) is 6.07 Å². The number of phenolic OH excluding ortho intramolecular Hbond substituents is 1. The van der Waals surface area contributed by atoms with Crippen molar-refractivity contribution in [2.45, 2.75) is 6.42 Å². The van der Waals surface area contributed by atoms with E-state index >= 15 is 0 Å². The molecule has 0 heterocycles. The van der Waals surface area contributed by atoms with Gasteiger partial charge in [0.05, 0.1) is 17.7 Å². The molecular formula is C15H12BrNO4. The van der Waals surface area contributed by atoms with Crippen molar-refractivity contribution in [3.05, 3.63) is 58.1 Å². The molecule has 0 saturated heterocycles. The van der Waals surface area contributed by atoms with Crippen LogP contribution in [0.3, 0.4) is 0 Å². The molecule has 0 aliphatic rings. The number of carbonyl (C=O) groups is 2. The topological polar surface area (TPSA) is 86.6 Å². The highest BCUT2D eigenvalue weighted by molar-refractivity contribution is 9.10. The number of aromatic hydroxyl groups is 1. The minimum absolute atomic E-state index is 0.00874. The molecule has 2 aromatic carbocycles. The molecule has 0 spiro atoms. The maximum atomic E-state index is 11.9. The molecule has 0 aromatic heterocycles. The summed E-state index contributed by atoms with van der Waals surface area (Å²) in [5, 5.41) is 21.1. The first-order valence-corrected chi connectivity index (χ1v) is 6.85. The second kappa shape index (κ2) is 6.41. The highest BCUT2D eigenvalue weighted by atomic mass is 79.9. The van der Waals surface area contributed by atoms with Gasteiger partial charge in [0.15, 0.2) is 0 Å². The van der Waals surface area contributed by atoms with Crippen molar-refractivity contribution in [2.75, 3.05) is 5.32 Å². The number of hydrogen-bond acceptors (Lipinski definition) is 3. The monoisotopic (exact) mass is 349 g/mol. The third-order valence-electron chi connectivity index (χ3n) is 2.77. The molecule has 0 aliphatic heterocycles. The SMILES string of the molecule is O=C(Cc1cccc(Br)c1)Nc1cc(C(=O)O)ccc1O. The van der Waals surface area contributed by atoms with Crippen molar-refractivity contribution in [1.82, 2.24) is 0 Å². The highest BCUT2D eigenvalue weighted by Gasteiger charge is 2.11. The molecule has 5 nitrogen and oxygen atoms in total. The third kappa shape index (κ3) is 4.06. The largest absolute Gasteiger partial charge is 0.506 e. The fourth-order valence-electron chi connectivity index (χ4n) is 1.80. The van der Waals surface area contributed by atoms with Crippen molar-refractivity contribution >= 4 is 33.5 Å². The normalized spacial score (nSPS) is 10.1.